The minimum atomic E-state index is 0.432. The van der Waals surface area contributed by atoms with Crippen LogP contribution in [0.15, 0.2) is 35.0 Å². The summed E-state index contributed by atoms with van der Waals surface area (Å²) in [5.41, 5.74) is 7.80. The predicted octanol–water partition coefficient (Wildman–Crippen LogP) is 2.36. The summed E-state index contributed by atoms with van der Waals surface area (Å²) in [5, 5.41) is 0. The third kappa shape index (κ3) is 1.92. The fourth-order valence-electron chi connectivity index (χ4n) is 1.59. The fraction of sp³-hybridized carbons (Fsp3) is 0.250. The Hall–Kier alpha value is -1.61. The van der Waals surface area contributed by atoms with Gasteiger partial charge in [0.15, 0.2) is 0 Å². The molecule has 15 heavy (non-hydrogen) atoms. The molecule has 0 atom stereocenters. The minimum absolute atomic E-state index is 0.432. The van der Waals surface area contributed by atoms with Crippen LogP contribution in [0.1, 0.15) is 18.2 Å². The summed E-state index contributed by atoms with van der Waals surface area (Å²) in [5.74, 6) is 1.65. The summed E-state index contributed by atoms with van der Waals surface area (Å²) in [7, 11) is 0. The van der Waals surface area contributed by atoms with Crippen LogP contribution >= 0.6 is 0 Å². The first-order valence-electron chi connectivity index (χ1n) is 5.07. The zero-order valence-electron chi connectivity index (χ0n) is 8.73. The van der Waals surface area contributed by atoms with E-state index < -0.39 is 0 Å². The van der Waals surface area contributed by atoms with Crippen LogP contribution in [0.2, 0.25) is 0 Å². The first kappa shape index (κ1) is 9.93. The van der Waals surface area contributed by atoms with E-state index in [1.165, 1.54) is 5.56 Å². The molecule has 2 aromatic rings. The lowest BCUT2D eigenvalue weighted by molar-refractivity contribution is 0.524. The minimum Gasteiger partial charge on any atom is -0.460 e. The van der Waals surface area contributed by atoms with Gasteiger partial charge in [0.1, 0.15) is 11.5 Å². The summed E-state index contributed by atoms with van der Waals surface area (Å²) in [6.45, 7) is 2.55. The summed E-state index contributed by atoms with van der Waals surface area (Å²) in [6.07, 6.45) is 4.60. The van der Waals surface area contributed by atoms with Crippen molar-refractivity contribution >= 4 is 0 Å². The van der Waals surface area contributed by atoms with Crippen LogP contribution in [-0.2, 0) is 13.0 Å². The molecule has 0 aromatic carbocycles. The summed E-state index contributed by atoms with van der Waals surface area (Å²) < 4.78 is 5.60. The molecule has 2 rings (SSSR count). The van der Waals surface area contributed by atoms with E-state index >= 15 is 0 Å². The molecule has 0 fully saturated rings. The Balaban J connectivity index is 2.44. The number of nitrogens with two attached hydrogens (primary N) is 1. The molecule has 0 aliphatic carbocycles. The first-order valence-corrected chi connectivity index (χ1v) is 5.07. The third-order valence-corrected chi connectivity index (χ3v) is 2.42. The largest absolute Gasteiger partial charge is 0.460 e. The van der Waals surface area contributed by atoms with E-state index in [1.807, 2.05) is 24.4 Å². The Morgan fingerprint density at radius 1 is 1.33 bits per heavy atom. The zero-order chi connectivity index (χ0) is 10.7. The van der Waals surface area contributed by atoms with E-state index in [1.54, 1.807) is 6.20 Å². The molecule has 0 amide bonds. The van der Waals surface area contributed by atoms with Crippen molar-refractivity contribution in [1.29, 1.82) is 0 Å². The standard InChI is InChI=1S/C12H14N2O/c1-2-9-5-6-14-8-11(9)12-4-3-10(7-13)15-12/h3-6,8H,2,7,13H2,1H3. The SMILES string of the molecule is CCc1ccncc1-c1ccc(CN)o1. The Morgan fingerprint density at radius 3 is 2.87 bits per heavy atom. The number of hydrogen-bond acceptors (Lipinski definition) is 3. The number of aromatic nitrogens is 1. The molecule has 2 aromatic heterocycles. The van der Waals surface area contributed by atoms with Gasteiger partial charge in [0, 0.05) is 18.0 Å². The highest BCUT2D eigenvalue weighted by Gasteiger charge is 2.07. The van der Waals surface area contributed by atoms with Crippen LogP contribution in [0.4, 0.5) is 0 Å². The molecule has 0 bridgehead atoms. The van der Waals surface area contributed by atoms with Crippen molar-refractivity contribution in [3.8, 4) is 11.3 Å². The number of furan rings is 1. The molecule has 0 saturated carbocycles. The average Bonchev–Trinajstić information content (AvgIpc) is 2.77. The van der Waals surface area contributed by atoms with Gasteiger partial charge in [0.25, 0.3) is 0 Å². The van der Waals surface area contributed by atoms with Gasteiger partial charge in [-0.25, -0.2) is 0 Å². The first-order chi connectivity index (χ1) is 7.35. The van der Waals surface area contributed by atoms with Gasteiger partial charge in [-0.1, -0.05) is 6.92 Å². The molecule has 0 radical (unpaired) electrons. The highest BCUT2D eigenvalue weighted by molar-refractivity contribution is 5.61. The molecule has 3 nitrogen and oxygen atoms in total. The maximum absolute atomic E-state index is 5.60. The van der Waals surface area contributed by atoms with Crippen LogP contribution in [0.25, 0.3) is 11.3 Å². The Bertz CT molecular complexity index is 448. The normalized spacial score (nSPS) is 10.5. The number of rotatable bonds is 3. The second kappa shape index (κ2) is 4.28. The van der Waals surface area contributed by atoms with Crippen molar-refractivity contribution in [3.05, 3.63) is 41.9 Å². The molecule has 0 unspecified atom stereocenters. The molecular formula is C12H14N2O. The Labute approximate surface area is 88.9 Å². The maximum atomic E-state index is 5.60. The van der Waals surface area contributed by atoms with Crippen molar-refractivity contribution in [1.82, 2.24) is 4.98 Å². The molecule has 2 N–H and O–H groups in total. The maximum Gasteiger partial charge on any atom is 0.136 e. The van der Waals surface area contributed by atoms with E-state index in [2.05, 4.69) is 11.9 Å². The molecule has 0 aliphatic rings. The van der Waals surface area contributed by atoms with Gasteiger partial charge in [-0.2, -0.15) is 0 Å². The quantitative estimate of drug-likeness (QED) is 0.831. The topological polar surface area (TPSA) is 52.0 Å². The van der Waals surface area contributed by atoms with Gasteiger partial charge in [-0.3, -0.25) is 4.98 Å². The van der Waals surface area contributed by atoms with Crippen LogP contribution < -0.4 is 5.73 Å². The monoisotopic (exact) mass is 202 g/mol. The van der Waals surface area contributed by atoms with Crippen LogP contribution in [-0.4, -0.2) is 4.98 Å². The van der Waals surface area contributed by atoms with Crippen LogP contribution in [0.3, 0.4) is 0 Å². The highest BCUT2D eigenvalue weighted by Crippen LogP contribution is 2.25. The van der Waals surface area contributed by atoms with E-state index in [-0.39, 0.29) is 0 Å². The Kier molecular flexibility index (Phi) is 2.83. The van der Waals surface area contributed by atoms with Crippen molar-refractivity contribution in [3.63, 3.8) is 0 Å². The molecule has 78 valence electrons. The van der Waals surface area contributed by atoms with Gasteiger partial charge >= 0.3 is 0 Å². The van der Waals surface area contributed by atoms with Gasteiger partial charge in [0.2, 0.25) is 0 Å². The molecule has 3 heteroatoms. The lowest BCUT2D eigenvalue weighted by Crippen LogP contribution is -1.92. The van der Waals surface area contributed by atoms with Crippen molar-refractivity contribution < 1.29 is 4.42 Å². The van der Waals surface area contributed by atoms with Crippen molar-refractivity contribution in [2.24, 2.45) is 5.73 Å². The number of hydrogen-bond donors (Lipinski definition) is 1. The lowest BCUT2D eigenvalue weighted by atomic mass is 10.1. The van der Waals surface area contributed by atoms with Gasteiger partial charge in [0.05, 0.1) is 6.54 Å². The average molecular weight is 202 g/mol. The van der Waals surface area contributed by atoms with Gasteiger partial charge < -0.3 is 10.2 Å². The molecular weight excluding hydrogens is 188 g/mol. The van der Waals surface area contributed by atoms with Crippen LogP contribution in [0.5, 0.6) is 0 Å². The molecule has 0 saturated heterocycles. The summed E-state index contributed by atoms with van der Waals surface area (Å²) in [4.78, 5) is 4.11. The Morgan fingerprint density at radius 2 is 2.20 bits per heavy atom. The highest BCUT2D eigenvalue weighted by atomic mass is 16.3. The molecule has 0 spiro atoms. The second-order valence-corrected chi connectivity index (χ2v) is 3.36. The van der Waals surface area contributed by atoms with E-state index in [4.69, 9.17) is 10.2 Å². The van der Waals surface area contributed by atoms with Crippen molar-refractivity contribution in [2.45, 2.75) is 19.9 Å². The number of nitrogens with zero attached hydrogens (tertiary/aromatic N) is 1. The van der Waals surface area contributed by atoms with Gasteiger partial charge in [-0.05, 0) is 30.2 Å². The van der Waals surface area contributed by atoms with E-state index in [0.717, 1.165) is 23.5 Å². The van der Waals surface area contributed by atoms with Gasteiger partial charge in [-0.15, -0.1) is 0 Å². The second-order valence-electron chi connectivity index (χ2n) is 3.36. The fourth-order valence-corrected chi connectivity index (χ4v) is 1.59. The van der Waals surface area contributed by atoms with E-state index in [0.29, 0.717) is 6.54 Å². The smallest absolute Gasteiger partial charge is 0.136 e. The van der Waals surface area contributed by atoms with Crippen LogP contribution in [0, 0.1) is 0 Å². The molecule has 2 heterocycles. The van der Waals surface area contributed by atoms with Crippen molar-refractivity contribution in [2.75, 3.05) is 0 Å². The number of pyridine rings is 1. The lowest BCUT2D eigenvalue weighted by Gasteiger charge is -2.03. The zero-order valence-corrected chi connectivity index (χ0v) is 8.73. The van der Waals surface area contributed by atoms with E-state index in [9.17, 15) is 0 Å². The molecule has 0 aliphatic heterocycles. The number of aryl methyl sites for hydroxylation is 1. The summed E-state index contributed by atoms with van der Waals surface area (Å²) in [6, 6.07) is 5.86. The summed E-state index contributed by atoms with van der Waals surface area (Å²) >= 11 is 0. The predicted molar refractivity (Wildman–Crippen MR) is 59.2 cm³/mol. The third-order valence-electron chi connectivity index (χ3n) is 2.42.